The Morgan fingerprint density at radius 2 is 1.05 bits per heavy atom. The van der Waals surface area contributed by atoms with Gasteiger partial charge >= 0.3 is 24.7 Å². The molecule has 0 aliphatic heterocycles. The fourth-order valence-corrected chi connectivity index (χ4v) is 5.94. The van der Waals surface area contributed by atoms with Crippen molar-refractivity contribution in [3.63, 3.8) is 0 Å². The Labute approximate surface area is 364 Å². The number of alkyl halides is 6. The molecule has 65 heavy (non-hydrogen) atoms. The van der Waals surface area contributed by atoms with Gasteiger partial charge in [0.2, 0.25) is 11.6 Å². The van der Waals surface area contributed by atoms with Gasteiger partial charge in [-0.05, 0) is 102 Å². The fourth-order valence-electron chi connectivity index (χ4n) is 5.94. The summed E-state index contributed by atoms with van der Waals surface area (Å²) in [6, 6.07) is 21.1. The Morgan fingerprint density at radius 1 is 0.600 bits per heavy atom. The summed E-state index contributed by atoms with van der Waals surface area (Å²) in [5.74, 6) is -10.7. The predicted molar refractivity (Wildman–Crippen MR) is 220 cm³/mol. The Balaban J connectivity index is 1.24. The first-order valence-corrected chi connectivity index (χ1v) is 18.6. The standard InChI is InChI=1S/C45H36F6N2O12/c1-60-38-21-27(9-18-36(38)64-44(46,47)48)41(56)62-31-13-4-25(5-14-31)3-12-30(54)24-34(33-17-11-29(52)23-35(33)53)43(58,59)40(55)20-8-26-6-15-32(16-7-26)63-42(57)28-10-19-37(39(22-28)61-2)65-45(49,50)51/h3-23,34,58-59H,24,52-53H2,1-2H3. The number of ketones is 2. The third kappa shape index (κ3) is 13.3. The lowest BCUT2D eigenvalue weighted by Crippen LogP contribution is -2.44. The Hall–Kier alpha value is -7.84. The van der Waals surface area contributed by atoms with Gasteiger partial charge in [0.15, 0.2) is 28.8 Å². The highest BCUT2D eigenvalue weighted by atomic mass is 19.4. The third-order valence-electron chi connectivity index (χ3n) is 9.06. The minimum Gasteiger partial charge on any atom is -0.493 e. The van der Waals surface area contributed by atoms with Crippen LogP contribution in [0.5, 0.6) is 34.5 Å². The molecule has 5 aromatic rings. The number of benzene rings is 5. The zero-order valence-corrected chi connectivity index (χ0v) is 33.8. The maximum absolute atomic E-state index is 13.4. The number of aliphatic hydroxyl groups is 2. The quantitative estimate of drug-likeness (QED) is 0.0175. The molecule has 0 aliphatic carbocycles. The van der Waals surface area contributed by atoms with Crippen LogP contribution in [0.15, 0.2) is 115 Å². The van der Waals surface area contributed by atoms with E-state index in [4.69, 9.17) is 30.4 Å². The first-order valence-electron chi connectivity index (χ1n) is 18.6. The summed E-state index contributed by atoms with van der Waals surface area (Å²) in [4.78, 5) is 52.1. The lowest BCUT2D eigenvalue weighted by atomic mass is 9.82. The molecule has 0 saturated carbocycles. The first-order chi connectivity index (χ1) is 30.5. The van der Waals surface area contributed by atoms with Crippen molar-refractivity contribution in [2.24, 2.45) is 0 Å². The summed E-state index contributed by atoms with van der Waals surface area (Å²) >= 11 is 0. The SMILES string of the molecule is COc1cc(C(=O)Oc2ccc(C=CC(=O)CC(c3ccc(N)cc3N)C(O)(O)C(=O)C=Cc3ccc(OC(=O)c4ccc(OC(F)(F)F)c(OC)c4)cc3)cc2)ccc1OC(F)(F)F. The van der Waals surface area contributed by atoms with Crippen LogP contribution in [0.3, 0.4) is 0 Å². The molecule has 0 radical (unpaired) electrons. The van der Waals surface area contributed by atoms with Crippen molar-refractivity contribution >= 4 is 47.0 Å². The summed E-state index contributed by atoms with van der Waals surface area (Å²) in [6.45, 7) is 0. The largest absolute Gasteiger partial charge is 0.573 e. The smallest absolute Gasteiger partial charge is 0.493 e. The van der Waals surface area contributed by atoms with Crippen molar-refractivity contribution < 1.29 is 84.2 Å². The van der Waals surface area contributed by atoms with Crippen molar-refractivity contribution in [1.82, 2.24) is 0 Å². The van der Waals surface area contributed by atoms with E-state index in [0.29, 0.717) is 11.1 Å². The number of allylic oxidation sites excluding steroid dienone is 1. The molecule has 1 atom stereocenters. The Bertz CT molecular complexity index is 2610. The van der Waals surface area contributed by atoms with Crippen molar-refractivity contribution in [3.8, 4) is 34.5 Å². The number of esters is 2. The molecule has 0 saturated heterocycles. The van der Waals surface area contributed by atoms with Gasteiger partial charge in [-0.25, -0.2) is 9.59 Å². The van der Waals surface area contributed by atoms with Crippen molar-refractivity contribution in [2.45, 2.75) is 30.9 Å². The van der Waals surface area contributed by atoms with E-state index in [-0.39, 0.29) is 51.1 Å². The summed E-state index contributed by atoms with van der Waals surface area (Å²) < 4.78 is 104. The van der Waals surface area contributed by atoms with Crippen LogP contribution in [0.1, 0.15) is 49.7 Å². The topological polar surface area (TPSA) is 216 Å². The third-order valence-corrected chi connectivity index (χ3v) is 9.06. The molecule has 0 fully saturated rings. The highest BCUT2D eigenvalue weighted by Gasteiger charge is 2.43. The van der Waals surface area contributed by atoms with E-state index in [2.05, 4.69) is 9.47 Å². The summed E-state index contributed by atoms with van der Waals surface area (Å²) in [5, 5.41) is 22.6. The molecule has 0 amide bonds. The zero-order valence-electron chi connectivity index (χ0n) is 33.8. The van der Waals surface area contributed by atoms with Crippen molar-refractivity contribution in [3.05, 3.63) is 143 Å². The second-order valence-corrected chi connectivity index (χ2v) is 13.6. The molecule has 0 bridgehead atoms. The second-order valence-electron chi connectivity index (χ2n) is 13.6. The number of methoxy groups -OCH3 is 2. The van der Waals surface area contributed by atoms with E-state index in [1.54, 1.807) is 0 Å². The molecule has 340 valence electrons. The van der Waals surface area contributed by atoms with Gasteiger partial charge < -0.3 is 50.1 Å². The highest BCUT2D eigenvalue weighted by molar-refractivity contribution is 6.01. The zero-order chi connectivity index (χ0) is 47.7. The number of carbonyl (C=O) groups is 4. The Morgan fingerprint density at radius 3 is 1.46 bits per heavy atom. The van der Waals surface area contributed by atoms with Gasteiger partial charge in [-0.3, -0.25) is 9.59 Å². The molecule has 5 rings (SSSR count). The summed E-state index contributed by atoms with van der Waals surface area (Å²) in [5.41, 5.74) is 12.6. The number of nitrogens with two attached hydrogens (primary N) is 2. The van der Waals surface area contributed by atoms with Crippen LogP contribution in [0.4, 0.5) is 37.7 Å². The van der Waals surface area contributed by atoms with E-state index in [0.717, 1.165) is 62.8 Å². The number of nitrogen functional groups attached to an aromatic ring is 2. The van der Waals surface area contributed by atoms with Crippen LogP contribution < -0.4 is 39.9 Å². The van der Waals surface area contributed by atoms with Crippen LogP contribution in [0, 0.1) is 0 Å². The molecule has 0 aliphatic rings. The van der Waals surface area contributed by atoms with Crippen LogP contribution in [0.25, 0.3) is 12.2 Å². The van der Waals surface area contributed by atoms with E-state index in [1.807, 2.05) is 0 Å². The van der Waals surface area contributed by atoms with E-state index in [9.17, 15) is 55.7 Å². The summed E-state index contributed by atoms with van der Waals surface area (Å²) in [6.07, 6.45) is -6.10. The Kier molecular flexibility index (Phi) is 14.9. The van der Waals surface area contributed by atoms with Gasteiger partial charge in [0.05, 0.1) is 31.3 Å². The molecule has 6 N–H and O–H groups in total. The minimum atomic E-state index is -5.00. The molecular weight excluding hydrogens is 874 g/mol. The molecule has 0 aromatic heterocycles. The number of carbonyl (C=O) groups excluding carboxylic acids is 4. The van der Waals surface area contributed by atoms with Gasteiger partial charge in [-0.1, -0.05) is 42.5 Å². The lowest BCUT2D eigenvalue weighted by molar-refractivity contribution is -0.276. The van der Waals surface area contributed by atoms with Crippen LogP contribution >= 0.6 is 0 Å². The van der Waals surface area contributed by atoms with Gasteiger partial charge in [0.25, 0.3) is 0 Å². The second kappa shape index (κ2) is 20.1. The molecule has 20 heteroatoms. The summed E-state index contributed by atoms with van der Waals surface area (Å²) in [7, 11) is 2.18. The maximum atomic E-state index is 13.4. The number of hydrogen-bond acceptors (Lipinski definition) is 14. The first kappa shape index (κ1) is 48.2. The van der Waals surface area contributed by atoms with Crippen molar-refractivity contribution in [1.29, 1.82) is 0 Å². The van der Waals surface area contributed by atoms with Crippen molar-refractivity contribution in [2.75, 3.05) is 25.7 Å². The van der Waals surface area contributed by atoms with Gasteiger partial charge in [0.1, 0.15) is 11.5 Å². The number of ether oxygens (including phenoxy) is 6. The predicted octanol–water partition coefficient (Wildman–Crippen LogP) is 7.82. The minimum absolute atomic E-state index is 0.00334. The molecule has 14 nitrogen and oxygen atoms in total. The maximum Gasteiger partial charge on any atom is 0.573 e. The van der Waals surface area contributed by atoms with Gasteiger partial charge in [-0.15, -0.1) is 26.3 Å². The monoisotopic (exact) mass is 910 g/mol. The molecule has 5 aromatic carbocycles. The lowest BCUT2D eigenvalue weighted by Gasteiger charge is -2.30. The number of anilines is 2. The average Bonchev–Trinajstić information content (AvgIpc) is 3.24. The molecule has 0 spiro atoms. The van der Waals surface area contributed by atoms with Gasteiger partial charge in [-0.2, -0.15) is 0 Å². The van der Waals surface area contributed by atoms with Crippen LogP contribution in [-0.4, -0.2) is 66.4 Å². The fraction of sp³-hybridized carbons (Fsp3) is 0.156. The number of hydrogen-bond donors (Lipinski definition) is 4. The average molecular weight is 911 g/mol. The normalized spacial score (nSPS) is 12.4. The highest BCUT2D eigenvalue weighted by Crippen LogP contribution is 2.37. The van der Waals surface area contributed by atoms with Gasteiger partial charge in [0, 0.05) is 17.8 Å². The molecule has 0 heterocycles. The number of halogens is 6. The van der Waals surface area contributed by atoms with E-state index < -0.39 is 65.9 Å². The van der Waals surface area contributed by atoms with E-state index >= 15 is 0 Å². The van der Waals surface area contributed by atoms with Crippen LogP contribution in [0.2, 0.25) is 0 Å². The van der Waals surface area contributed by atoms with Crippen LogP contribution in [-0.2, 0) is 9.59 Å². The molecular formula is C45H36F6N2O12. The van der Waals surface area contributed by atoms with E-state index in [1.165, 1.54) is 78.9 Å². The number of rotatable bonds is 17. The molecule has 1 unspecified atom stereocenters.